The normalized spacial score (nSPS) is 21.4. The Bertz CT molecular complexity index is 501. The van der Waals surface area contributed by atoms with Crippen molar-refractivity contribution in [3.63, 3.8) is 0 Å². The van der Waals surface area contributed by atoms with Crippen molar-refractivity contribution in [3.8, 4) is 0 Å². The van der Waals surface area contributed by atoms with Gasteiger partial charge in [0, 0.05) is 25.5 Å². The molecule has 1 aliphatic heterocycles. The van der Waals surface area contributed by atoms with Crippen molar-refractivity contribution in [3.05, 3.63) is 35.4 Å². The van der Waals surface area contributed by atoms with Crippen LogP contribution in [0.2, 0.25) is 0 Å². The van der Waals surface area contributed by atoms with Crippen LogP contribution in [0.25, 0.3) is 0 Å². The summed E-state index contributed by atoms with van der Waals surface area (Å²) in [4.78, 5) is 13.4. The Morgan fingerprint density at radius 3 is 2.70 bits per heavy atom. The van der Waals surface area contributed by atoms with Gasteiger partial charge in [-0.05, 0) is 24.6 Å². The van der Waals surface area contributed by atoms with Gasteiger partial charge < -0.3 is 10.0 Å². The lowest BCUT2D eigenvalue weighted by Crippen LogP contribution is -2.29. The van der Waals surface area contributed by atoms with E-state index >= 15 is 0 Å². The van der Waals surface area contributed by atoms with E-state index in [0.717, 1.165) is 12.1 Å². The SMILES string of the molecule is CC(c1cccc(C(F)(F)F)c1)N1CC(CO)CC1=O. The Morgan fingerprint density at radius 2 is 2.15 bits per heavy atom. The number of aliphatic hydroxyl groups excluding tert-OH is 1. The quantitative estimate of drug-likeness (QED) is 0.928. The molecule has 1 fully saturated rings. The first-order valence-corrected chi connectivity index (χ1v) is 6.40. The number of nitrogens with zero attached hydrogens (tertiary/aromatic N) is 1. The fraction of sp³-hybridized carbons (Fsp3) is 0.500. The highest BCUT2D eigenvalue weighted by molar-refractivity contribution is 5.79. The summed E-state index contributed by atoms with van der Waals surface area (Å²) in [7, 11) is 0. The Balaban J connectivity index is 2.21. The maximum Gasteiger partial charge on any atom is 0.416 e. The molecule has 0 bridgehead atoms. The van der Waals surface area contributed by atoms with E-state index in [0.29, 0.717) is 12.1 Å². The molecule has 1 aromatic rings. The van der Waals surface area contributed by atoms with E-state index in [4.69, 9.17) is 5.11 Å². The molecule has 6 heteroatoms. The second kappa shape index (κ2) is 5.44. The summed E-state index contributed by atoms with van der Waals surface area (Å²) >= 11 is 0. The van der Waals surface area contributed by atoms with Crippen molar-refractivity contribution in [2.45, 2.75) is 25.6 Å². The topological polar surface area (TPSA) is 40.5 Å². The maximum atomic E-state index is 12.7. The molecule has 1 aliphatic rings. The Hall–Kier alpha value is -1.56. The third kappa shape index (κ3) is 2.95. The van der Waals surface area contributed by atoms with Gasteiger partial charge in [0.25, 0.3) is 0 Å². The summed E-state index contributed by atoms with van der Waals surface area (Å²) in [5.41, 5.74) is -0.265. The first-order chi connectivity index (χ1) is 9.32. The number of aliphatic hydroxyl groups is 1. The molecule has 2 rings (SSSR count). The minimum atomic E-state index is -4.39. The average molecular weight is 287 g/mol. The predicted molar refractivity (Wildman–Crippen MR) is 66.8 cm³/mol. The lowest BCUT2D eigenvalue weighted by atomic mass is 10.0. The smallest absolute Gasteiger partial charge is 0.396 e. The molecule has 0 aliphatic carbocycles. The van der Waals surface area contributed by atoms with Crippen molar-refractivity contribution in [2.24, 2.45) is 5.92 Å². The van der Waals surface area contributed by atoms with Crippen LogP contribution in [0, 0.1) is 5.92 Å². The van der Waals surface area contributed by atoms with Gasteiger partial charge in [0.15, 0.2) is 0 Å². The number of benzene rings is 1. The van der Waals surface area contributed by atoms with Gasteiger partial charge in [-0.2, -0.15) is 13.2 Å². The van der Waals surface area contributed by atoms with E-state index in [1.54, 1.807) is 13.0 Å². The number of halogens is 3. The van der Waals surface area contributed by atoms with Gasteiger partial charge in [-0.25, -0.2) is 0 Å². The van der Waals surface area contributed by atoms with Crippen LogP contribution in [0.4, 0.5) is 13.2 Å². The van der Waals surface area contributed by atoms with Crippen LogP contribution in [0.1, 0.15) is 30.5 Å². The number of alkyl halides is 3. The van der Waals surface area contributed by atoms with E-state index in [1.807, 2.05) is 0 Å². The summed E-state index contributed by atoms with van der Waals surface area (Å²) in [6.45, 7) is 2.00. The fourth-order valence-corrected chi connectivity index (χ4v) is 2.46. The molecule has 1 heterocycles. The lowest BCUT2D eigenvalue weighted by molar-refractivity contribution is -0.137. The molecule has 0 saturated carbocycles. The van der Waals surface area contributed by atoms with Crippen molar-refractivity contribution >= 4 is 5.91 Å². The van der Waals surface area contributed by atoms with Crippen LogP contribution in [0.15, 0.2) is 24.3 Å². The minimum absolute atomic E-state index is 0.0858. The molecule has 0 spiro atoms. The maximum absolute atomic E-state index is 12.7. The standard InChI is InChI=1S/C14H16F3NO2/c1-9(18-7-10(8-19)5-13(18)20)11-3-2-4-12(6-11)14(15,16)17/h2-4,6,9-10,19H,5,7-8H2,1H3. The van der Waals surface area contributed by atoms with Crippen LogP contribution < -0.4 is 0 Å². The molecule has 3 nitrogen and oxygen atoms in total. The molecular formula is C14H16F3NO2. The van der Waals surface area contributed by atoms with E-state index in [9.17, 15) is 18.0 Å². The zero-order valence-corrected chi connectivity index (χ0v) is 11.0. The molecule has 0 aromatic heterocycles. The summed E-state index contributed by atoms with van der Waals surface area (Å²) < 4.78 is 38.1. The third-order valence-electron chi connectivity index (χ3n) is 3.66. The summed E-state index contributed by atoms with van der Waals surface area (Å²) in [5, 5.41) is 9.08. The van der Waals surface area contributed by atoms with Crippen molar-refractivity contribution in [2.75, 3.05) is 13.2 Å². The van der Waals surface area contributed by atoms with E-state index in [-0.39, 0.29) is 24.9 Å². The fourth-order valence-electron chi connectivity index (χ4n) is 2.46. The van der Waals surface area contributed by atoms with Gasteiger partial charge in [0.05, 0.1) is 11.6 Å². The zero-order chi connectivity index (χ0) is 14.9. The van der Waals surface area contributed by atoms with Gasteiger partial charge >= 0.3 is 6.18 Å². The molecule has 1 amide bonds. The third-order valence-corrected chi connectivity index (χ3v) is 3.66. The molecule has 2 atom stereocenters. The highest BCUT2D eigenvalue weighted by Crippen LogP contribution is 2.33. The highest BCUT2D eigenvalue weighted by Gasteiger charge is 2.34. The van der Waals surface area contributed by atoms with Gasteiger partial charge in [0.2, 0.25) is 5.91 Å². The van der Waals surface area contributed by atoms with Crippen LogP contribution in [0.3, 0.4) is 0 Å². The second-order valence-corrected chi connectivity index (χ2v) is 5.10. The minimum Gasteiger partial charge on any atom is -0.396 e. The molecule has 1 saturated heterocycles. The van der Waals surface area contributed by atoms with Crippen molar-refractivity contribution < 1.29 is 23.1 Å². The molecule has 1 aromatic carbocycles. The summed E-state index contributed by atoms with van der Waals surface area (Å²) in [6, 6.07) is 4.59. The van der Waals surface area contributed by atoms with Crippen LogP contribution in [0.5, 0.6) is 0 Å². The molecule has 20 heavy (non-hydrogen) atoms. The number of hydrogen-bond acceptors (Lipinski definition) is 2. The molecule has 0 radical (unpaired) electrons. The summed E-state index contributed by atoms with van der Waals surface area (Å²) in [5.74, 6) is -0.260. The first kappa shape index (κ1) is 14.8. The van der Waals surface area contributed by atoms with Gasteiger partial charge in [-0.15, -0.1) is 0 Å². The van der Waals surface area contributed by atoms with E-state index in [2.05, 4.69) is 0 Å². The molecule has 2 unspecified atom stereocenters. The van der Waals surface area contributed by atoms with E-state index < -0.39 is 17.8 Å². The Morgan fingerprint density at radius 1 is 1.45 bits per heavy atom. The number of amides is 1. The summed E-state index contributed by atoms with van der Waals surface area (Å²) in [6.07, 6.45) is -4.14. The van der Waals surface area contributed by atoms with Gasteiger partial charge in [-0.1, -0.05) is 12.1 Å². The first-order valence-electron chi connectivity index (χ1n) is 6.40. The van der Waals surface area contributed by atoms with Gasteiger partial charge in [0.1, 0.15) is 0 Å². The van der Waals surface area contributed by atoms with Crippen LogP contribution in [-0.4, -0.2) is 29.1 Å². The molecule has 110 valence electrons. The largest absolute Gasteiger partial charge is 0.416 e. The predicted octanol–water partition coefficient (Wildman–Crippen LogP) is 2.61. The van der Waals surface area contributed by atoms with Crippen LogP contribution in [-0.2, 0) is 11.0 Å². The number of carbonyl (C=O) groups excluding carboxylic acids is 1. The Kier molecular flexibility index (Phi) is 4.04. The van der Waals surface area contributed by atoms with Crippen LogP contribution >= 0.6 is 0 Å². The number of carbonyl (C=O) groups is 1. The average Bonchev–Trinajstić information content (AvgIpc) is 2.78. The number of hydrogen-bond donors (Lipinski definition) is 1. The molecule has 1 N–H and O–H groups in total. The lowest BCUT2D eigenvalue weighted by Gasteiger charge is -2.25. The highest BCUT2D eigenvalue weighted by atomic mass is 19.4. The van der Waals surface area contributed by atoms with Gasteiger partial charge in [-0.3, -0.25) is 4.79 Å². The van der Waals surface area contributed by atoms with Crippen molar-refractivity contribution in [1.29, 1.82) is 0 Å². The van der Waals surface area contributed by atoms with E-state index in [1.165, 1.54) is 11.0 Å². The number of likely N-dealkylation sites (tertiary alicyclic amines) is 1. The monoisotopic (exact) mass is 287 g/mol. The molecular weight excluding hydrogens is 271 g/mol. The zero-order valence-electron chi connectivity index (χ0n) is 11.0. The number of rotatable bonds is 3. The second-order valence-electron chi connectivity index (χ2n) is 5.10. The van der Waals surface area contributed by atoms with Crippen molar-refractivity contribution in [1.82, 2.24) is 4.90 Å². The Labute approximate surface area is 115 Å².